The lowest BCUT2D eigenvalue weighted by atomic mass is 9.85. The molecule has 1 saturated carbocycles. The highest BCUT2D eigenvalue weighted by Gasteiger charge is 2.53. The van der Waals surface area contributed by atoms with Gasteiger partial charge in [0, 0.05) is 5.69 Å². The second kappa shape index (κ2) is 4.68. The second-order valence-corrected chi connectivity index (χ2v) is 5.36. The van der Waals surface area contributed by atoms with Crippen LogP contribution in [0.5, 0.6) is 0 Å². The molecule has 3 rings (SSSR count). The maximum absolute atomic E-state index is 12.4. The Balaban J connectivity index is 1.77. The van der Waals surface area contributed by atoms with Gasteiger partial charge in [-0.3, -0.25) is 9.59 Å². The Kier molecular flexibility index (Phi) is 3.01. The summed E-state index contributed by atoms with van der Waals surface area (Å²) in [6, 6.07) is 9.33. The van der Waals surface area contributed by atoms with Gasteiger partial charge in [0.05, 0.1) is 12.3 Å². The molecule has 1 aromatic carbocycles. The van der Waals surface area contributed by atoms with Gasteiger partial charge in [0.25, 0.3) is 0 Å². The monoisotopic (exact) mass is 259 g/mol. The summed E-state index contributed by atoms with van der Waals surface area (Å²) >= 11 is 0. The minimum absolute atomic E-state index is 0.0982. The van der Waals surface area contributed by atoms with Crippen LogP contribution in [0.1, 0.15) is 32.1 Å². The number of hydrogen-bond donors (Lipinski definition) is 1. The quantitative estimate of drug-likeness (QED) is 0.830. The average Bonchev–Trinajstić information content (AvgIpc) is 2.99. The smallest absolute Gasteiger partial charge is 0.307 e. The fourth-order valence-electron chi connectivity index (χ4n) is 3.20. The first-order chi connectivity index (χ1) is 9.20. The van der Waals surface area contributed by atoms with Crippen molar-refractivity contribution in [2.75, 3.05) is 5.32 Å². The molecule has 1 heterocycles. The van der Waals surface area contributed by atoms with Gasteiger partial charge in [0.15, 0.2) is 0 Å². The van der Waals surface area contributed by atoms with Crippen LogP contribution >= 0.6 is 0 Å². The third-order valence-electron chi connectivity index (χ3n) is 4.13. The van der Waals surface area contributed by atoms with Crippen molar-refractivity contribution in [1.29, 1.82) is 0 Å². The topological polar surface area (TPSA) is 55.4 Å². The molecule has 1 aliphatic carbocycles. The standard InChI is InChI=1S/C15H17NO3/c17-13-10-12(15(19-13)8-4-5-9-15)14(18)16-11-6-2-1-3-7-11/h1-3,6-7,12H,4-5,8-10H2,(H,16,18)/t12-/m1/s1. The molecule has 1 saturated heterocycles. The van der Waals surface area contributed by atoms with Crippen LogP contribution in [0.15, 0.2) is 30.3 Å². The van der Waals surface area contributed by atoms with Crippen LogP contribution in [0.25, 0.3) is 0 Å². The molecule has 1 aromatic rings. The molecular formula is C15H17NO3. The minimum atomic E-state index is -0.532. The lowest BCUT2D eigenvalue weighted by Gasteiger charge is -2.27. The number of anilines is 1. The maximum Gasteiger partial charge on any atom is 0.307 e. The van der Waals surface area contributed by atoms with Crippen molar-refractivity contribution in [3.8, 4) is 0 Å². The highest BCUT2D eigenvalue weighted by Crippen LogP contribution is 2.45. The molecule has 19 heavy (non-hydrogen) atoms. The molecule has 1 spiro atoms. The van der Waals surface area contributed by atoms with Crippen LogP contribution in [-0.2, 0) is 14.3 Å². The Bertz CT molecular complexity index is 491. The van der Waals surface area contributed by atoms with Crippen molar-refractivity contribution in [2.24, 2.45) is 5.92 Å². The Morgan fingerprint density at radius 1 is 1.21 bits per heavy atom. The summed E-state index contributed by atoms with van der Waals surface area (Å²) < 4.78 is 5.48. The van der Waals surface area contributed by atoms with Crippen LogP contribution in [0.3, 0.4) is 0 Å². The van der Waals surface area contributed by atoms with Crippen molar-refractivity contribution >= 4 is 17.6 Å². The minimum Gasteiger partial charge on any atom is -0.458 e. The SMILES string of the molecule is O=C1C[C@H](C(=O)Nc2ccccc2)C2(CCCC2)O1. The van der Waals surface area contributed by atoms with E-state index in [4.69, 9.17) is 4.74 Å². The number of para-hydroxylation sites is 1. The predicted octanol–water partition coefficient (Wildman–Crippen LogP) is 2.50. The first-order valence-electron chi connectivity index (χ1n) is 6.77. The summed E-state index contributed by atoms with van der Waals surface area (Å²) in [6.45, 7) is 0. The van der Waals surface area contributed by atoms with Gasteiger partial charge in [-0.1, -0.05) is 18.2 Å². The van der Waals surface area contributed by atoms with Gasteiger partial charge >= 0.3 is 5.97 Å². The van der Waals surface area contributed by atoms with E-state index < -0.39 is 5.60 Å². The summed E-state index contributed by atoms with van der Waals surface area (Å²) in [6.07, 6.45) is 3.89. The van der Waals surface area contributed by atoms with Crippen LogP contribution in [0.2, 0.25) is 0 Å². The summed E-state index contributed by atoms with van der Waals surface area (Å²) in [4.78, 5) is 23.9. The predicted molar refractivity (Wildman–Crippen MR) is 70.5 cm³/mol. The van der Waals surface area contributed by atoms with Crippen molar-refractivity contribution in [2.45, 2.75) is 37.7 Å². The molecule has 1 aliphatic heterocycles. The van der Waals surface area contributed by atoms with E-state index in [9.17, 15) is 9.59 Å². The Morgan fingerprint density at radius 2 is 1.89 bits per heavy atom. The van der Waals surface area contributed by atoms with Gasteiger partial charge in [0.1, 0.15) is 5.60 Å². The molecule has 4 nitrogen and oxygen atoms in total. The number of amides is 1. The second-order valence-electron chi connectivity index (χ2n) is 5.36. The van der Waals surface area contributed by atoms with Crippen LogP contribution < -0.4 is 5.32 Å². The summed E-state index contributed by atoms with van der Waals surface area (Å²) in [7, 11) is 0. The van der Waals surface area contributed by atoms with Gasteiger partial charge in [-0.05, 0) is 37.8 Å². The van der Waals surface area contributed by atoms with Crippen LogP contribution in [0.4, 0.5) is 5.69 Å². The van der Waals surface area contributed by atoms with Crippen molar-refractivity contribution < 1.29 is 14.3 Å². The third kappa shape index (κ3) is 2.23. The first kappa shape index (κ1) is 12.2. The molecule has 4 heteroatoms. The Hall–Kier alpha value is -1.84. The van der Waals surface area contributed by atoms with E-state index in [2.05, 4.69) is 5.32 Å². The number of rotatable bonds is 2. The molecule has 1 atom stereocenters. The molecule has 0 aromatic heterocycles. The van der Waals surface area contributed by atoms with Gasteiger partial charge in [-0.15, -0.1) is 0 Å². The highest BCUT2D eigenvalue weighted by molar-refractivity contribution is 5.97. The molecule has 0 bridgehead atoms. The van der Waals surface area contributed by atoms with E-state index in [1.807, 2.05) is 30.3 Å². The van der Waals surface area contributed by atoms with E-state index >= 15 is 0 Å². The number of benzene rings is 1. The molecular weight excluding hydrogens is 242 g/mol. The fourth-order valence-corrected chi connectivity index (χ4v) is 3.20. The van der Waals surface area contributed by atoms with E-state index in [0.717, 1.165) is 31.4 Å². The van der Waals surface area contributed by atoms with Gasteiger partial charge < -0.3 is 10.1 Å². The number of nitrogens with one attached hydrogen (secondary N) is 1. The first-order valence-corrected chi connectivity index (χ1v) is 6.77. The van der Waals surface area contributed by atoms with Crippen molar-refractivity contribution in [1.82, 2.24) is 0 Å². The van der Waals surface area contributed by atoms with Gasteiger partial charge in [0.2, 0.25) is 5.91 Å². The molecule has 0 radical (unpaired) electrons. The van der Waals surface area contributed by atoms with E-state index in [1.54, 1.807) is 0 Å². The number of carbonyl (C=O) groups is 2. The maximum atomic E-state index is 12.4. The van der Waals surface area contributed by atoms with E-state index in [0.29, 0.717) is 0 Å². The zero-order chi connectivity index (χ0) is 13.3. The van der Waals surface area contributed by atoms with Gasteiger partial charge in [-0.2, -0.15) is 0 Å². The molecule has 1 amide bonds. The number of hydrogen-bond acceptors (Lipinski definition) is 3. The largest absolute Gasteiger partial charge is 0.458 e. The normalized spacial score (nSPS) is 24.4. The summed E-state index contributed by atoms with van der Waals surface area (Å²) in [5.41, 5.74) is 0.232. The highest BCUT2D eigenvalue weighted by atomic mass is 16.6. The lowest BCUT2D eigenvalue weighted by Crippen LogP contribution is -2.39. The summed E-state index contributed by atoms with van der Waals surface area (Å²) in [5.74, 6) is -0.684. The fraction of sp³-hybridized carbons (Fsp3) is 0.467. The number of carbonyl (C=O) groups excluding carboxylic acids is 2. The molecule has 2 fully saturated rings. The zero-order valence-corrected chi connectivity index (χ0v) is 10.7. The van der Waals surface area contributed by atoms with E-state index in [-0.39, 0.29) is 24.2 Å². The Morgan fingerprint density at radius 3 is 2.58 bits per heavy atom. The number of esters is 1. The zero-order valence-electron chi connectivity index (χ0n) is 10.7. The van der Waals surface area contributed by atoms with Crippen molar-refractivity contribution in [3.63, 3.8) is 0 Å². The molecule has 0 unspecified atom stereocenters. The van der Waals surface area contributed by atoms with Crippen LogP contribution in [-0.4, -0.2) is 17.5 Å². The lowest BCUT2D eigenvalue weighted by molar-refractivity contribution is -0.149. The third-order valence-corrected chi connectivity index (χ3v) is 4.13. The molecule has 2 aliphatic rings. The number of ether oxygens (including phenoxy) is 1. The molecule has 1 N–H and O–H groups in total. The molecule has 100 valence electrons. The van der Waals surface area contributed by atoms with Gasteiger partial charge in [-0.25, -0.2) is 0 Å². The summed E-state index contributed by atoms with van der Waals surface area (Å²) in [5, 5.41) is 2.88. The average molecular weight is 259 g/mol. The van der Waals surface area contributed by atoms with Crippen molar-refractivity contribution in [3.05, 3.63) is 30.3 Å². The Labute approximate surface area is 112 Å². The van der Waals surface area contributed by atoms with Crippen LogP contribution in [0, 0.1) is 5.92 Å². The van der Waals surface area contributed by atoms with E-state index in [1.165, 1.54) is 0 Å².